The van der Waals surface area contributed by atoms with Gasteiger partial charge in [0.25, 0.3) is 0 Å². The van der Waals surface area contributed by atoms with Crippen molar-refractivity contribution in [2.24, 2.45) is 0 Å². The molecular formula is C73H134N4O26. The molecule has 20 N–H and O–H groups in total. The fourth-order valence-corrected chi connectivity index (χ4v) is 13.6. The van der Waals surface area contributed by atoms with Gasteiger partial charge in [0.1, 0.15) is 97.5 Å². The quantitative estimate of drug-likeness (QED) is 0.0307. The molecule has 0 aromatic carbocycles. The number of quaternary nitrogens is 1. The molecule has 4 aliphatic heterocycles. The van der Waals surface area contributed by atoms with Crippen molar-refractivity contribution in [3.63, 3.8) is 0 Å². The summed E-state index contributed by atoms with van der Waals surface area (Å²) in [6.07, 6.45) is 4.34. The van der Waals surface area contributed by atoms with Crippen LogP contribution in [0.3, 0.4) is 0 Å². The number of amides is 3. The zero-order chi connectivity index (χ0) is 75.0. The first-order chi connectivity index (χ1) is 49.0. The van der Waals surface area contributed by atoms with Gasteiger partial charge in [0.05, 0.1) is 57.3 Å². The lowest BCUT2D eigenvalue weighted by Crippen LogP contribution is -2.73. The monoisotopic (exact) mass is 1480 g/mol. The molecule has 23 atom stereocenters. The third-order valence-corrected chi connectivity index (χ3v) is 19.6. The number of carbonyl (C=O) groups is 4. The summed E-state index contributed by atoms with van der Waals surface area (Å²) in [6, 6.07) is -4.57. The second-order valence-electron chi connectivity index (χ2n) is 28.2. The van der Waals surface area contributed by atoms with E-state index in [1.165, 1.54) is 128 Å². The average Bonchev–Trinajstić information content (AvgIpc) is 0.751. The summed E-state index contributed by atoms with van der Waals surface area (Å²) in [4.78, 5) is 51.9. The zero-order valence-corrected chi connectivity index (χ0v) is 62.0. The van der Waals surface area contributed by atoms with Gasteiger partial charge < -0.3 is 136 Å². The third-order valence-electron chi connectivity index (χ3n) is 19.6. The first-order valence-corrected chi connectivity index (χ1v) is 38.2. The molecule has 0 unspecified atom stereocenters. The molecule has 30 heteroatoms. The Hall–Kier alpha value is -3.52. The Morgan fingerprint density at radius 1 is 0.524 bits per heavy atom. The van der Waals surface area contributed by atoms with Gasteiger partial charge >= 0.3 is 0 Å². The summed E-state index contributed by atoms with van der Waals surface area (Å²) >= 11 is 0. The number of aliphatic hydroxyl groups excluding tert-OH is 13. The standard InChI is InChI=1S/C73H131N3O26.H3N/c1-5-7-9-11-13-15-17-19-20-21-22-23-24-25-26-28-30-32-34-36-38-40-56(86)76-49(50(83)39-37-35-33-31-29-27-18-16-14-12-10-8-6-2)46-95-70-63(91)62(90)65(54(44-79)97-70)99-71-64(92)68(66(55(45-80)98-71)100-69-58(75-48(4)82)61(89)60(88)53(43-78)96-69)102-73(72(93)94)41-51(84)57(74-47(3)81)67(101-73)59(87)52(85)42-77;/h19-20,37,39,49-55,57-71,77-80,83-85,87-92H,5-18,21-36,38,40-46H2,1-4H3,(H,74,81)(H,75,82)(H,76,86)(H,93,94);1H3/b20-19-,39-37+;/t49-,50+,51-,52+,53+,54+,55+,57+,58+,59+,60-,61+,62+,63+,64+,65+,66-,67+,68+,69-,70+,71-,73-;/m0./s1. The smallest absolute Gasteiger partial charge is 0.220 e. The van der Waals surface area contributed by atoms with Crippen LogP contribution in [0.5, 0.6) is 0 Å². The molecule has 3 amide bonds. The molecule has 0 bridgehead atoms. The van der Waals surface area contributed by atoms with Gasteiger partial charge in [0, 0.05) is 26.7 Å². The lowest BCUT2D eigenvalue weighted by atomic mass is 9.88. The summed E-state index contributed by atoms with van der Waals surface area (Å²) in [6.45, 7) is 1.67. The highest BCUT2D eigenvalue weighted by molar-refractivity contribution is 5.76. The van der Waals surface area contributed by atoms with Crippen LogP contribution < -0.4 is 27.2 Å². The Kier molecular flexibility index (Phi) is 47.8. The number of ether oxygens (including phenoxy) is 8. The van der Waals surface area contributed by atoms with Crippen molar-refractivity contribution in [2.45, 2.75) is 380 Å². The molecular weight excluding hydrogens is 1350 g/mol. The number of carboxylic acids is 1. The second-order valence-corrected chi connectivity index (χ2v) is 28.2. The highest BCUT2D eigenvalue weighted by Crippen LogP contribution is 2.40. The molecule has 602 valence electrons. The van der Waals surface area contributed by atoms with Crippen LogP contribution in [-0.4, -0.2) is 264 Å². The maximum atomic E-state index is 13.6. The molecule has 0 radical (unpaired) electrons. The first kappa shape index (κ1) is 93.7. The van der Waals surface area contributed by atoms with E-state index in [2.05, 4.69) is 41.9 Å². The van der Waals surface area contributed by atoms with E-state index in [4.69, 9.17) is 37.9 Å². The van der Waals surface area contributed by atoms with E-state index in [1.54, 1.807) is 6.08 Å². The summed E-state index contributed by atoms with van der Waals surface area (Å²) in [5, 5.41) is 165. The number of unbranched alkanes of at least 4 members (excludes halogenated alkanes) is 28. The van der Waals surface area contributed by atoms with Gasteiger partial charge in [0.2, 0.25) is 23.5 Å². The Morgan fingerprint density at radius 3 is 1.46 bits per heavy atom. The molecule has 0 aromatic heterocycles. The molecule has 0 saturated carbocycles. The summed E-state index contributed by atoms with van der Waals surface area (Å²) < 4.78 is 47.8. The fourth-order valence-electron chi connectivity index (χ4n) is 13.6. The predicted molar refractivity (Wildman–Crippen MR) is 377 cm³/mol. The lowest BCUT2D eigenvalue weighted by Gasteiger charge is -2.53. The molecule has 30 nitrogen and oxygen atoms in total. The average molecular weight is 1480 g/mol. The number of allylic oxidation sites excluding steroid dienone is 3. The van der Waals surface area contributed by atoms with Crippen LogP contribution in [-0.2, 0) is 57.1 Å². The molecule has 4 saturated heterocycles. The summed E-state index contributed by atoms with van der Waals surface area (Å²) in [5.41, 5.74) is 0. The largest absolute Gasteiger partial charge is 0.544 e. The summed E-state index contributed by atoms with van der Waals surface area (Å²) in [5.74, 6) is -7.76. The predicted octanol–water partition coefficient (Wildman–Crippen LogP) is 2.29. The first-order valence-electron chi connectivity index (χ1n) is 38.2. The van der Waals surface area contributed by atoms with Crippen LogP contribution in [0.25, 0.3) is 0 Å². The number of carboxylic acid groups (broad SMARTS) is 1. The Labute approximate surface area is 609 Å². The van der Waals surface area contributed by atoms with Crippen LogP contribution in [0.1, 0.15) is 240 Å². The van der Waals surface area contributed by atoms with Gasteiger partial charge in [-0.2, -0.15) is 0 Å². The minimum atomic E-state index is -3.39. The van der Waals surface area contributed by atoms with Gasteiger partial charge in [0.15, 0.2) is 18.9 Å². The van der Waals surface area contributed by atoms with Crippen molar-refractivity contribution in [3.05, 3.63) is 24.3 Å². The summed E-state index contributed by atoms with van der Waals surface area (Å²) in [7, 11) is 0. The van der Waals surface area contributed by atoms with Crippen molar-refractivity contribution in [1.82, 2.24) is 22.1 Å². The van der Waals surface area contributed by atoms with Crippen LogP contribution in [0.15, 0.2) is 24.3 Å². The molecule has 4 heterocycles. The minimum absolute atomic E-state index is 0. The van der Waals surface area contributed by atoms with Gasteiger partial charge in [-0.25, -0.2) is 0 Å². The van der Waals surface area contributed by atoms with Crippen molar-refractivity contribution < 1.29 is 129 Å². The molecule has 0 aliphatic carbocycles. The molecule has 4 aliphatic rings. The number of nitrogens with one attached hydrogen (secondary N) is 3. The number of hydrogen-bond acceptors (Lipinski definition) is 26. The number of aliphatic hydroxyl groups is 13. The number of rotatable bonds is 54. The van der Waals surface area contributed by atoms with E-state index in [1.807, 2.05) is 6.08 Å². The number of aliphatic carboxylic acids is 1. The van der Waals surface area contributed by atoms with Crippen LogP contribution in [0, 0.1) is 0 Å². The maximum absolute atomic E-state index is 13.6. The van der Waals surface area contributed by atoms with Gasteiger partial charge in [-0.05, 0) is 44.9 Å². The van der Waals surface area contributed by atoms with E-state index in [0.717, 1.165) is 71.6 Å². The van der Waals surface area contributed by atoms with Crippen molar-refractivity contribution in [2.75, 3.05) is 33.0 Å². The van der Waals surface area contributed by atoms with Crippen molar-refractivity contribution in [3.8, 4) is 0 Å². The van der Waals surface area contributed by atoms with Crippen LogP contribution in [0.2, 0.25) is 0 Å². The Morgan fingerprint density at radius 2 is 0.971 bits per heavy atom. The van der Waals surface area contributed by atoms with E-state index in [9.17, 15) is 90.7 Å². The highest BCUT2D eigenvalue weighted by atomic mass is 16.8. The van der Waals surface area contributed by atoms with Gasteiger partial charge in [-0.3, -0.25) is 14.4 Å². The van der Waals surface area contributed by atoms with E-state index < -0.39 is 198 Å². The normalized spacial score (nSPS) is 30.9. The minimum Gasteiger partial charge on any atom is -0.544 e. The molecule has 0 aromatic rings. The number of carbonyl (C=O) groups excluding carboxylic acids is 4. The zero-order valence-electron chi connectivity index (χ0n) is 62.0. The van der Waals surface area contributed by atoms with E-state index >= 15 is 0 Å². The number of hydrogen-bond donors (Lipinski definition) is 17. The molecule has 4 rings (SSSR count). The fraction of sp³-hybridized carbons (Fsp3) is 0.890. The maximum Gasteiger partial charge on any atom is 0.220 e. The highest BCUT2D eigenvalue weighted by Gasteiger charge is 2.60. The van der Waals surface area contributed by atoms with Gasteiger partial charge in [-0.1, -0.05) is 192 Å². The van der Waals surface area contributed by atoms with Gasteiger partial charge in [-0.15, -0.1) is 0 Å². The Balaban J connectivity index is 0.0000276. The SMILES string of the molecule is CCCCCCCC/C=C\CCCCCCCCCCCCCC(=O)N[C@@H](CO[C@@H]1O[C@H](CO)[C@@H](O[C@@H]2O[C@H](CO)[C@H](O[C@@H]3O[C@H](CO)[C@H](O)[C@H](O)[C@H]3NC(C)=O)[C@H](O[C@]3(C(=O)[O-])C[C@H](O)[C@@H](NC(C)=O)[C@H]([C@H](O)[C@H](O)CO)O3)[C@H]2O)[C@H](O)[C@H]1O)[C@H](O)/C=C/CCCCCCCCCCCCC.[NH4+]. The molecule has 103 heavy (non-hydrogen) atoms. The topological polar surface area (TPSA) is 501 Å². The van der Waals surface area contributed by atoms with E-state index in [0.29, 0.717) is 12.8 Å². The molecule has 4 fully saturated rings. The molecule has 0 spiro atoms. The third kappa shape index (κ3) is 32.3. The van der Waals surface area contributed by atoms with E-state index in [-0.39, 0.29) is 18.5 Å². The van der Waals surface area contributed by atoms with Crippen molar-refractivity contribution >= 4 is 23.7 Å². The Bertz CT molecular complexity index is 2340. The second kappa shape index (κ2) is 52.5. The lowest BCUT2D eigenvalue weighted by molar-refractivity contribution is -0.420. The van der Waals surface area contributed by atoms with Crippen LogP contribution >= 0.6 is 0 Å². The van der Waals surface area contributed by atoms with Crippen molar-refractivity contribution in [1.29, 1.82) is 0 Å². The van der Waals surface area contributed by atoms with Crippen LogP contribution in [0.4, 0.5) is 0 Å².